The van der Waals surface area contributed by atoms with Crippen LogP contribution >= 0.6 is 0 Å². The molecule has 0 saturated carbocycles. The minimum absolute atomic E-state index is 0.0556. The summed E-state index contributed by atoms with van der Waals surface area (Å²) in [5, 5.41) is 0.372. The number of para-hydroxylation sites is 3. The van der Waals surface area contributed by atoms with Gasteiger partial charge in [0.2, 0.25) is 0 Å². The molecule has 5 heteroatoms. The molecular formula is C49H63N3Si2. The van der Waals surface area contributed by atoms with E-state index in [0.717, 1.165) is 18.9 Å². The fourth-order valence-electron chi connectivity index (χ4n) is 11.5. The first-order chi connectivity index (χ1) is 25.9. The van der Waals surface area contributed by atoms with Crippen molar-refractivity contribution < 1.29 is 0 Å². The van der Waals surface area contributed by atoms with E-state index in [1.54, 1.807) is 0 Å². The summed E-state index contributed by atoms with van der Waals surface area (Å²) in [6.07, 6.45) is 4.49. The molecule has 1 fully saturated rings. The van der Waals surface area contributed by atoms with Crippen LogP contribution in [0.1, 0.15) is 98.1 Å². The monoisotopic (exact) mass is 749 g/mol. The first-order valence-corrected chi connectivity index (χ1v) is 25.8. The zero-order chi connectivity index (χ0) is 38.5. The van der Waals surface area contributed by atoms with Crippen LogP contribution < -0.4 is 14.0 Å². The molecule has 0 spiro atoms. The van der Waals surface area contributed by atoms with E-state index in [0.29, 0.717) is 5.92 Å². The quantitative estimate of drug-likeness (QED) is 0.118. The SMILES string of the molecule is CCC1(CC)N(c2ccccc2)c2cc(N(c3ccccc3)[Si]3(Cc4ccccc4)C(C)(CC)C3(C)CC)c(C(C)C)cc2N(c2ccccc2)[Si]1(C)C. The second-order valence-electron chi connectivity index (χ2n) is 17.3. The van der Waals surface area contributed by atoms with Gasteiger partial charge >= 0.3 is 0 Å². The van der Waals surface area contributed by atoms with Gasteiger partial charge in [-0.1, -0.05) is 153 Å². The molecule has 5 aromatic carbocycles. The highest BCUT2D eigenvalue weighted by Crippen LogP contribution is 2.87. The van der Waals surface area contributed by atoms with E-state index in [1.807, 2.05) is 0 Å². The minimum Gasteiger partial charge on any atom is -0.367 e. The highest BCUT2D eigenvalue weighted by atomic mass is 28.3. The summed E-state index contributed by atoms with van der Waals surface area (Å²) >= 11 is 0. The number of anilines is 6. The van der Waals surface area contributed by atoms with Gasteiger partial charge < -0.3 is 14.0 Å². The molecule has 282 valence electrons. The molecule has 0 aromatic heterocycles. The first-order valence-electron chi connectivity index (χ1n) is 20.7. The molecule has 7 rings (SSSR count). The summed E-state index contributed by atoms with van der Waals surface area (Å²) in [6, 6.07) is 52.0. The van der Waals surface area contributed by atoms with E-state index < -0.39 is 16.5 Å². The van der Waals surface area contributed by atoms with Crippen LogP contribution in [0.15, 0.2) is 133 Å². The summed E-state index contributed by atoms with van der Waals surface area (Å²) in [7, 11) is -4.67. The summed E-state index contributed by atoms with van der Waals surface area (Å²) in [5.41, 5.74) is 11.0. The molecule has 0 bridgehead atoms. The maximum absolute atomic E-state index is 3.00. The third-order valence-corrected chi connectivity index (χ3v) is 27.1. The topological polar surface area (TPSA) is 9.72 Å². The molecule has 2 aliphatic heterocycles. The van der Waals surface area contributed by atoms with Crippen molar-refractivity contribution in [2.24, 2.45) is 0 Å². The lowest BCUT2D eigenvalue weighted by molar-refractivity contribution is 0.508. The molecule has 1 saturated heterocycles. The summed E-state index contributed by atoms with van der Waals surface area (Å²) in [4.78, 5) is 2.82. The van der Waals surface area contributed by atoms with E-state index in [9.17, 15) is 0 Å². The zero-order valence-corrected chi connectivity index (χ0v) is 36.7. The van der Waals surface area contributed by atoms with Gasteiger partial charge in [0, 0.05) is 22.7 Å². The standard InChI is InChI=1S/C49H63N3Si2/c1-11-47(7)48(8,12-2)54(47,37-39-27-19-15-20-28-39)52(42-33-25-18-26-34-42)44-36-45-46(35-43(44)38(5)6)51(41-31-23-17-24-32-41)53(9,10)49(13-3,14-4)50(45)40-29-21-16-22-30-40/h15-36,38H,11-14,37H2,1-10H3. The molecule has 5 aromatic rings. The van der Waals surface area contributed by atoms with Crippen LogP contribution in [0, 0.1) is 0 Å². The Morgan fingerprint density at radius 2 is 1.07 bits per heavy atom. The van der Waals surface area contributed by atoms with Crippen molar-refractivity contribution in [3.63, 3.8) is 0 Å². The molecule has 3 nitrogen and oxygen atoms in total. The van der Waals surface area contributed by atoms with Crippen LogP contribution in [0.3, 0.4) is 0 Å². The fraction of sp³-hybridized carbons (Fsp3) is 0.388. The Morgan fingerprint density at radius 3 is 1.56 bits per heavy atom. The summed E-state index contributed by atoms with van der Waals surface area (Å²) in [5.74, 6) is 0.329. The predicted octanol–water partition coefficient (Wildman–Crippen LogP) is 14.6. The number of hydrogen-bond donors (Lipinski definition) is 0. The molecule has 2 unspecified atom stereocenters. The van der Waals surface area contributed by atoms with Crippen LogP contribution in [-0.4, -0.2) is 21.6 Å². The van der Waals surface area contributed by atoms with E-state index in [1.165, 1.54) is 58.1 Å². The highest BCUT2D eigenvalue weighted by molar-refractivity contribution is 7.00. The first kappa shape index (κ1) is 38.2. The Balaban J connectivity index is 1.63. The molecular weight excluding hydrogens is 687 g/mol. The summed E-state index contributed by atoms with van der Waals surface area (Å²) in [6.45, 7) is 25.2. The van der Waals surface area contributed by atoms with Crippen molar-refractivity contribution in [3.8, 4) is 0 Å². The largest absolute Gasteiger partial charge is 0.367 e. The Morgan fingerprint density at radius 1 is 0.593 bits per heavy atom. The van der Waals surface area contributed by atoms with Gasteiger partial charge in [0.1, 0.15) is 0 Å². The van der Waals surface area contributed by atoms with Crippen LogP contribution in [0.5, 0.6) is 0 Å². The lowest BCUT2D eigenvalue weighted by atomic mass is 9.92. The van der Waals surface area contributed by atoms with E-state index >= 15 is 0 Å². The van der Waals surface area contributed by atoms with E-state index in [2.05, 4.69) is 216 Å². The van der Waals surface area contributed by atoms with E-state index in [4.69, 9.17) is 0 Å². The maximum atomic E-state index is 3.00. The van der Waals surface area contributed by atoms with Crippen LogP contribution in [0.2, 0.25) is 23.2 Å². The normalized spacial score (nSPS) is 24.0. The minimum atomic E-state index is -2.39. The van der Waals surface area contributed by atoms with Gasteiger partial charge in [-0.15, -0.1) is 0 Å². The van der Waals surface area contributed by atoms with Gasteiger partial charge in [0.05, 0.1) is 16.5 Å². The Labute approximate surface area is 329 Å². The number of benzene rings is 5. The van der Waals surface area contributed by atoms with Crippen molar-refractivity contribution in [1.82, 2.24) is 0 Å². The number of hydrogen-bond acceptors (Lipinski definition) is 3. The second-order valence-corrected chi connectivity index (χ2v) is 26.5. The zero-order valence-electron chi connectivity index (χ0n) is 34.7. The predicted molar refractivity (Wildman–Crippen MR) is 240 cm³/mol. The number of fused-ring (bicyclic) bond motifs is 1. The van der Waals surface area contributed by atoms with Crippen LogP contribution in [0.4, 0.5) is 34.1 Å². The third-order valence-electron chi connectivity index (χ3n) is 14.9. The average Bonchev–Trinajstić information content (AvgIpc) is 3.61. The van der Waals surface area contributed by atoms with Gasteiger partial charge in [-0.2, -0.15) is 0 Å². The molecule has 0 N–H and O–H groups in total. The van der Waals surface area contributed by atoms with Crippen molar-refractivity contribution in [2.45, 2.75) is 121 Å². The Hall–Kier alpha value is -4.07. The molecule has 0 radical (unpaired) electrons. The third kappa shape index (κ3) is 5.32. The van der Waals surface area contributed by atoms with Crippen LogP contribution in [-0.2, 0) is 6.04 Å². The Kier molecular flexibility index (Phi) is 10.1. The van der Waals surface area contributed by atoms with Gasteiger partial charge in [-0.05, 0) is 108 Å². The molecule has 2 aliphatic rings. The molecule has 2 heterocycles. The van der Waals surface area contributed by atoms with Gasteiger partial charge in [0.25, 0.3) is 0 Å². The Bertz CT molecular complexity index is 2030. The average molecular weight is 750 g/mol. The number of nitrogens with zero attached hydrogens (tertiary/aromatic N) is 3. The van der Waals surface area contributed by atoms with Crippen molar-refractivity contribution in [2.75, 3.05) is 14.0 Å². The van der Waals surface area contributed by atoms with Crippen molar-refractivity contribution >= 4 is 50.6 Å². The maximum Gasteiger partial charge on any atom is 0.182 e. The lowest BCUT2D eigenvalue weighted by Crippen LogP contribution is -2.73. The van der Waals surface area contributed by atoms with Gasteiger partial charge in [0.15, 0.2) is 16.5 Å². The highest BCUT2D eigenvalue weighted by Gasteiger charge is 2.84. The van der Waals surface area contributed by atoms with Gasteiger partial charge in [-0.3, -0.25) is 0 Å². The van der Waals surface area contributed by atoms with Crippen molar-refractivity contribution in [3.05, 3.63) is 145 Å². The molecule has 0 amide bonds. The second kappa shape index (κ2) is 14.2. The van der Waals surface area contributed by atoms with Crippen molar-refractivity contribution in [1.29, 1.82) is 0 Å². The molecule has 54 heavy (non-hydrogen) atoms. The number of rotatable bonds is 12. The molecule has 0 aliphatic carbocycles. The van der Waals surface area contributed by atoms with Crippen LogP contribution in [0.25, 0.3) is 0 Å². The summed E-state index contributed by atoms with van der Waals surface area (Å²) < 4.78 is 5.83. The van der Waals surface area contributed by atoms with Gasteiger partial charge in [-0.25, -0.2) is 0 Å². The van der Waals surface area contributed by atoms with E-state index in [-0.39, 0.29) is 15.2 Å². The lowest BCUT2D eigenvalue weighted by Gasteiger charge is -2.62. The molecule has 2 atom stereocenters. The fourth-order valence-corrected chi connectivity index (χ4v) is 24.3. The smallest absolute Gasteiger partial charge is 0.182 e.